The minimum Gasteiger partial charge on any atom is -0.264 e. The molecule has 0 aliphatic heterocycles. The monoisotopic (exact) mass is 225 g/mol. The summed E-state index contributed by atoms with van der Waals surface area (Å²) >= 11 is 0. The molecule has 2 aromatic heterocycles. The molecule has 0 unspecified atom stereocenters. The van der Waals surface area contributed by atoms with Gasteiger partial charge in [0.25, 0.3) is 15.2 Å². The molecule has 0 bridgehead atoms. The van der Waals surface area contributed by atoms with Crippen molar-refractivity contribution in [3.8, 4) is 11.4 Å². The number of pyridine rings is 1. The van der Waals surface area contributed by atoms with Gasteiger partial charge in [0.05, 0.1) is 0 Å². The Balaban J connectivity index is 2.46. The molecule has 3 N–H and O–H groups in total. The Morgan fingerprint density at radius 2 is 2.20 bits per heavy atom. The van der Waals surface area contributed by atoms with E-state index < -0.39 is 10.0 Å². The van der Waals surface area contributed by atoms with Crippen molar-refractivity contribution < 1.29 is 8.42 Å². The molecule has 0 aliphatic rings. The molecule has 0 amide bonds. The van der Waals surface area contributed by atoms with Crippen molar-refractivity contribution >= 4 is 10.0 Å². The fraction of sp³-hybridized carbons (Fsp3) is 0. The first kappa shape index (κ1) is 9.74. The zero-order chi connectivity index (χ0) is 10.9. The van der Waals surface area contributed by atoms with E-state index in [9.17, 15) is 8.42 Å². The van der Waals surface area contributed by atoms with Gasteiger partial charge in [-0.25, -0.2) is 18.7 Å². The maximum absolute atomic E-state index is 10.9. The van der Waals surface area contributed by atoms with E-state index in [2.05, 4.69) is 20.2 Å². The number of rotatable bonds is 2. The lowest BCUT2D eigenvalue weighted by Crippen LogP contribution is -2.13. The van der Waals surface area contributed by atoms with Gasteiger partial charge in [-0.1, -0.05) is 0 Å². The molecule has 8 heteroatoms. The Labute approximate surface area is 85.4 Å². The Kier molecular flexibility index (Phi) is 2.21. The van der Waals surface area contributed by atoms with Crippen molar-refractivity contribution in [2.45, 2.75) is 5.16 Å². The van der Waals surface area contributed by atoms with Gasteiger partial charge in [0, 0.05) is 18.0 Å². The number of nitrogens with two attached hydrogens (primary N) is 1. The van der Waals surface area contributed by atoms with E-state index >= 15 is 0 Å². The molecule has 15 heavy (non-hydrogen) atoms. The van der Waals surface area contributed by atoms with Crippen LogP contribution in [-0.2, 0) is 10.0 Å². The van der Waals surface area contributed by atoms with Gasteiger partial charge in [-0.05, 0) is 12.1 Å². The van der Waals surface area contributed by atoms with Crippen LogP contribution in [0, 0.1) is 0 Å². The van der Waals surface area contributed by atoms with Gasteiger partial charge in [-0.3, -0.25) is 4.98 Å². The van der Waals surface area contributed by atoms with Gasteiger partial charge in [0.2, 0.25) is 0 Å². The third-order valence-corrected chi connectivity index (χ3v) is 2.38. The molecule has 0 saturated carbocycles. The molecule has 2 rings (SSSR count). The summed E-state index contributed by atoms with van der Waals surface area (Å²) in [4.78, 5) is 7.59. The van der Waals surface area contributed by atoms with Crippen LogP contribution in [-0.4, -0.2) is 28.6 Å². The fourth-order valence-electron chi connectivity index (χ4n) is 0.998. The molecule has 78 valence electrons. The van der Waals surface area contributed by atoms with Crippen LogP contribution in [0.4, 0.5) is 0 Å². The molecule has 0 fully saturated rings. The first-order valence-corrected chi connectivity index (χ1v) is 5.47. The molecule has 2 heterocycles. The maximum Gasteiger partial charge on any atom is 0.273 e. The molecular formula is C7H7N5O2S. The van der Waals surface area contributed by atoms with E-state index in [1.807, 2.05) is 0 Å². The molecule has 0 atom stereocenters. The molecule has 0 spiro atoms. The maximum atomic E-state index is 10.9. The number of nitrogens with one attached hydrogen (secondary N) is 1. The number of primary sulfonamides is 1. The van der Waals surface area contributed by atoms with E-state index in [1.165, 1.54) is 6.20 Å². The van der Waals surface area contributed by atoms with Crippen molar-refractivity contribution in [3.63, 3.8) is 0 Å². The largest absolute Gasteiger partial charge is 0.273 e. The van der Waals surface area contributed by atoms with Gasteiger partial charge < -0.3 is 0 Å². The highest BCUT2D eigenvalue weighted by molar-refractivity contribution is 7.89. The normalized spacial score (nSPS) is 11.5. The topological polar surface area (TPSA) is 115 Å². The van der Waals surface area contributed by atoms with Gasteiger partial charge in [0.1, 0.15) is 0 Å². The van der Waals surface area contributed by atoms with Crippen molar-refractivity contribution in [3.05, 3.63) is 24.5 Å². The highest BCUT2D eigenvalue weighted by Gasteiger charge is 2.14. The van der Waals surface area contributed by atoms with Crippen LogP contribution in [0.2, 0.25) is 0 Å². The van der Waals surface area contributed by atoms with Gasteiger partial charge in [-0.15, -0.1) is 0 Å². The predicted octanol–water partition coefficient (Wildman–Crippen LogP) is -0.486. The van der Waals surface area contributed by atoms with Crippen molar-refractivity contribution in [1.29, 1.82) is 0 Å². The van der Waals surface area contributed by atoms with Crippen LogP contribution in [0.5, 0.6) is 0 Å². The second-order valence-electron chi connectivity index (χ2n) is 2.75. The summed E-state index contributed by atoms with van der Waals surface area (Å²) < 4.78 is 21.8. The molecule has 0 saturated heterocycles. The third kappa shape index (κ3) is 2.00. The molecular weight excluding hydrogens is 218 g/mol. The summed E-state index contributed by atoms with van der Waals surface area (Å²) in [6, 6.07) is 3.41. The number of aromatic nitrogens is 4. The lowest BCUT2D eigenvalue weighted by atomic mass is 10.3. The Bertz CT molecular complexity index is 562. The van der Waals surface area contributed by atoms with Crippen LogP contribution in [0.25, 0.3) is 11.4 Å². The number of nitrogens with zero attached hydrogens (tertiary/aromatic N) is 3. The van der Waals surface area contributed by atoms with Crippen LogP contribution in [0.15, 0.2) is 29.7 Å². The Hall–Kier alpha value is -1.80. The van der Waals surface area contributed by atoms with E-state index in [0.717, 1.165) is 0 Å². The highest BCUT2D eigenvalue weighted by atomic mass is 32.2. The van der Waals surface area contributed by atoms with E-state index in [4.69, 9.17) is 5.14 Å². The SMILES string of the molecule is NS(=O)(=O)c1nc(-c2cccnc2)n[nH]1. The molecule has 0 radical (unpaired) electrons. The quantitative estimate of drug-likeness (QED) is 0.715. The number of hydrogen-bond acceptors (Lipinski definition) is 5. The summed E-state index contributed by atoms with van der Waals surface area (Å²) in [7, 11) is -3.84. The standard InChI is InChI=1S/C7H7N5O2S/c8-15(13,14)7-10-6(11-12-7)5-2-1-3-9-4-5/h1-4H,(H2,8,13,14)(H,10,11,12). The Morgan fingerprint density at radius 3 is 2.73 bits per heavy atom. The lowest BCUT2D eigenvalue weighted by Gasteiger charge is -1.90. The first-order valence-electron chi connectivity index (χ1n) is 3.93. The zero-order valence-electron chi connectivity index (χ0n) is 7.45. The van der Waals surface area contributed by atoms with E-state index in [0.29, 0.717) is 5.56 Å². The summed E-state index contributed by atoms with van der Waals surface area (Å²) in [6.45, 7) is 0. The van der Waals surface area contributed by atoms with Crippen LogP contribution in [0.1, 0.15) is 0 Å². The van der Waals surface area contributed by atoms with Crippen LogP contribution in [0.3, 0.4) is 0 Å². The van der Waals surface area contributed by atoms with Gasteiger partial charge in [0.15, 0.2) is 5.82 Å². The fourth-order valence-corrected chi connectivity index (χ4v) is 1.38. The molecule has 2 aromatic rings. The molecule has 0 aromatic carbocycles. The number of H-pyrrole nitrogens is 1. The Morgan fingerprint density at radius 1 is 1.40 bits per heavy atom. The van der Waals surface area contributed by atoms with Gasteiger partial charge in [-0.2, -0.15) is 10.1 Å². The summed E-state index contributed by atoms with van der Waals surface area (Å²) in [5.41, 5.74) is 0.614. The first-order chi connectivity index (χ1) is 7.07. The summed E-state index contributed by atoms with van der Waals surface area (Å²) in [5.74, 6) is 0.243. The minimum atomic E-state index is -3.84. The number of aromatic amines is 1. The lowest BCUT2D eigenvalue weighted by molar-refractivity contribution is 0.589. The second kappa shape index (κ2) is 3.41. The van der Waals surface area contributed by atoms with Crippen LogP contribution < -0.4 is 5.14 Å². The smallest absolute Gasteiger partial charge is 0.264 e. The average Bonchev–Trinajstić information content (AvgIpc) is 2.67. The third-order valence-electron chi connectivity index (χ3n) is 1.65. The van der Waals surface area contributed by atoms with Crippen molar-refractivity contribution in [1.82, 2.24) is 20.2 Å². The molecule has 7 nitrogen and oxygen atoms in total. The second-order valence-corrected chi connectivity index (χ2v) is 4.23. The molecule has 0 aliphatic carbocycles. The summed E-state index contributed by atoms with van der Waals surface area (Å²) in [6.07, 6.45) is 3.12. The summed E-state index contributed by atoms with van der Waals surface area (Å²) in [5, 5.41) is 10.5. The van der Waals surface area contributed by atoms with Crippen LogP contribution >= 0.6 is 0 Å². The van der Waals surface area contributed by atoms with E-state index in [-0.39, 0.29) is 11.0 Å². The average molecular weight is 225 g/mol. The number of sulfonamides is 1. The van der Waals surface area contributed by atoms with E-state index in [1.54, 1.807) is 18.3 Å². The predicted molar refractivity (Wildman–Crippen MR) is 51.0 cm³/mol. The number of hydrogen-bond donors (Lipinski definition) is 2. The van der Waals surface area contributed by atoms with Gasteiger partial charge >= 0.3 is 0 Å². The zero-order valence-corrected chi connectivity index (χ0v) is 8.27. The van der Waals surface area contributed by atoms with Crippen molar-refractivity contribution in [2.24, 2.45) is 5.14 Å². The van der Waals surface area contributed by atoms with Crippen molar-refractivity contribution in [2.75, 3.05) is 0 Å². The minimum absolute atomic E-state index is 0.243. The highest BCUT2D eigenvalue weighted by Crippen LogP contribution is 2.12.